The Morgan fingerprint density at radius 2 is 1.83 bits per heavy atom. The van der Waals surface area contributed by atoms with Crippen molar-refractivity contribution in [2.75, 3.05) is 26.1 Å². The Kier molecular flexibility index (Phi) is 6.03. The third-order valence-electron chi connectivity index (χ3n) is 3.09. The number of benzene rings is 2. The highest BCUT2D eigenvalue weighted by atomic mass is 35.5. The van der Waals surface area contributed by atoms with Gasteiger partial charge in [-0.2, -0.15) is 0 Å². The van der Waals surface area contributed by atoms with E-state index in [1.807, 2.05) is 0 Å². The zero-order chi connectivity index (χ0) is 17.5. The standard InChI is InChI=1S/C17H16ClNO5/c1-22-15-8-7-11(18)9-13(15)19-16(20)10-24-14-6-4-3-5-12(14)17(21)23-2/h3-9H,10H2,1-2H3,(H,19,20). The van der Waals surface area contributed by atoms with Crippen molar-refractivity contribution >= 4 is 29.2 Å². The Balaban J connectivity index is 2.05. The van der Waals surface area contributed by atoms with Crippen molar-refractivity contribution in [1.82, 2.24) is 0 Å². The SMILES string of the molecule is COC(=O)c1ccccc1OCC(=O)Nc1cc(Cl)ccc1OC. The molecular formula is C17H16ClNO5. The first-order valence-electron chi connectivity index (χ1n) is 6.98. The van der Waals surface area contributed by atoms with E-state index in [1.165, 1.54) is 14.2 Å². The molecule has 0 bridgehead atoms. The van der Waals surface area contributed by atoms with Gasteiger partial charge >= 0.3 is 5.97 Å². The van der Waals surface area contributed by atoms with Gasteiger partial charge in [0.15, 0.2) is 6.61 Å². The van der Waals surface area contributed by atoms with Crippen LogP contribution in [0.4, 0.5) is 5.69 Å². The number of carbonyl (C=O) groups excluding carboxylic acids is 2. The summed E-state index contributed by atoms with van der Waals surface area (Å²) in [5.74, 6) is -0.224. The van der Waals surface area contributed by atoms with Gasteiger partial charge in [-0.25, -0.2) is 4.79 Å². The van der Waals surface area contributed by atoms with Gasteiger partial charge in [0.25, 0.3) is 5.91 Å². The Hall–Kier alpha value is -2.73. The fraction of sp³-hybridized carbons (Fsp3) is 0.176. The molecule has 1 N–H and O–H groups in total. The summed E-state index contributed by atoms with van der Waals surface area (Å²) in [4.78, 5) is 23.7. The van der Waals surface area contributed by atoms with Gasteiger partial charge in [0.2, 0.25) is 0 Å². The normalized spacial score (nSPS) is 9.96. The lowest BCUT2D eigenvalue weighted by molar-refractivity contribution is -0.118. The second-order valence-corrected chi connectivity index (χ2v) is 5.11. The van der Waals surface area contributed by atoms with Gasteiger partial charge in [0.05, 0.1) is 19.9 Å². The number of nitrogens with one attached hydrogen (secondary N) is 1. The van der Waals surface area contributed by atoms with Crippen LogP contribution in [0, 0.1) is 0 Å². The minimum Gasteiger partial charge on any atom is -0.495 e. The highest BCUT2D eigenvalue weighted by Crippen LogP contribution is 2.27. The predicted molar refractivity (Wildman–Crippen MR) is 89.9 cm³/mol. The minimum absolute atomic E-state index is 0.244. The molecule has 0 saturated heterocycles. The van der Waals surface area contributed by atoms with Gasteiger partial charge in [-0.05, 0) is 30.3 Å². The lowest BCUT2D eigenvalue weighted by Gasteiger charge is -2.12. The molecule has 7 heteroatoms. The van der Waals surface area contributed by atoms with Crippen LogP contribution < -0.4 is 14.8 Å². The van der Waals surface area contributed by atoms with Gasteiger partial charge < -0.3 is 19.5 Å². The summed E-state index contributed by atoms with van der Waals surface area (Å²) in [5, 5.41) is 3.11. The highest BCUT2D eigenvalue weighted by Gasteiger charge is 2.14. The molecule has 2 rings (SSSR count). The third kappa shape index (κ3) is 4.39. The Morgan fingerprint density at radius 1 is 1.08 bits per heavy atom. The smallest absolute Gasteiger partial charge is 0.341 e. The summed E-state index contributed by atoms with van der Waals surface area (Å²) in [7, 11) is 2.76. The second-order valence-electron chi connectivity index (χ2n) is 4.67. The van der Waals surface area contributed by atoms with E-state index in [4.69, 9.17) is 21.1 Å². The molecule has 0 spiro atoms. The van der Waals surface area contributed by atoms with E-state index < -0.39 is 11.9 Å². The van der Waals surface area contributed by atoms with Crippen molar-refractivity contribution in [2.24, 2.45) is 0 Å². The lowest BCUT2D eigenvalue weighted by Crippen LogP contribution is -2.21. The second kappa shape index (κ2) is 8.21. The maximum absolute atomic E-state index is 12.1. The van der Waals surface area contributed by atoms with Crippen LogP contribution >= 0.6 is 11.6 Å². The monoisotopic (exact) mass is 349 g/mol. The summed E-state index contributed by atoms with van der Waals surface area (Å²) < 4.78 is 15.2. The van der Waals surface area contributed by atoms with E-state index in [1.54, 1.807) is 42.5 Å². The van der Waals surface area contributed by atoms with Crippen molar-refractivity contribution in [3.8, 4) is 11.5 Å². The summed E-state index contributed by atoms with van der Waals surface area (Å²) >= 11 is 5.91. The third-order valence-corrected chi connectivity index (χ3v) is 3.32. The van der Waals surface area contributed by atoms with Crippen molar-refractivity contribution in [3.05, 3.63) is 53.1 Å². The molecule has 2 aromatic carbocycles. The average molecular weight is 350 g/mol. The molecule has 6 nitrogen and oxygen atoms in total. The number of halogens is 1. The average Bonchev–Trinajstić information content (AvgIpc) is 2.59. The molecule has 0 saturated carbocycles. The molecule has 0 atom stereocenters. The molecule has 0 aromatic heterocycles. The van der Waals surface area contributed by atoms with Crippen molar-refractivity contribution in [2.45, 2.75) is 0 Å². The van der Waals surface area contributed by atoms with E-state index in [9.17, 15) is 9.59 Å². The first-order valence-corrected chi connectivity index (χ1v) is 7.36. The van der Waals surface area contributed by atoms with Crippen molar-refractivity contribution in [1.29, 1.82) is 0 Å². The molecule has 0 aliphatic carbocycles. The molecule has 1 amide bonds. The quantitative estimate of drug-likeness (QED) is 0.811. The number of esters is 1. The molecule has 24 heavy (non-hydrogen) atoms. The van der Waals surface area contributed by atoms with E-state index >= 15 is 0 Å². The highest BCUT2D eigenvalue weighted by molar-refractivity contribution is 6.31. The molecule has 2 aromatic rings. The molecule has 0 unspecified atom stereocenters. The number of amides is 1. The number of ether oxygens (including phenoxy) is 3. The van der Waals surface area contributed by atoms with Crippen molar-refractivity contribution < 1.29 is 23.8 Å². The van der Waals surface area contributed by atoms with Crippen LogP contribution in [0.25, 0.3) is 0 Å². The summed E-state index contributed by atoms with van der Waals surface area (Å²) in [6, 6.07) is 11.4. The number of methoxy groups -OCH3 is 2. The Morgan fingerprint density at radius 3 is 2.54 bits per heavy atom. The molecule has 126 valence electrons. The molecule has 0 heterocycles. The van der Waals surface area contributed by atoms with Crippen LogP contribution in [0.1, 0.15) is 10.4 Å². The van der Waals surface area contributed by atoms with Crippen molar-refractivity contribution in [3.63, 3.8) is 0 Å². The van der Waals surface area contributed by atoms with Gasteiger partial charge in [-0.1, -0.05) is 23.7 Å². The van der Waals surface area contributed by atoms with Gasteiger partial charge in [-0.15, -0.1) is 0 Å². The van der Waals surface area contributed by atoms with E-state index in [0.29, 0.717) is 16.5 Å². The van der Waals surface area contributed by atoms with Gasteiger partial charge in [-0.3, -0.25) is 4.79 Å². The van der Waals surface area contributed by atoms with Crippen LogP contribution in [0.15, 0.2) is 42.5 Å². The summed E-state index contributed by atoms with van der Waals surface area (Å²) in [5.41, 5.74) is 0.674. The molecule has 0 aliphatic heterocycles. The summed E-state index contributed by atoms with van der Waals surface area (Å²) in [6.07, 6.45) is 0. The van der Waals surface area contributed by atoms with Crippen LogP contribution in [0.3, 0.4) is 0 Å². The van der Waals surface area contributed by atoms with E-state index in [-0.39, 0.29) is 17.9 Å². The lowest BCUT2D eigenvalue weighted by atomic mass is 10.2. The van der Waals surface area contributed by atoms with Crippen LogP contribution in [-0.4, -0.2) is 32.7 Å². The zero-order valence-corrected chi connectivity index (χ0v) is 13.9. The number of hydrogen-bond acceptors (Lipinski definition) is 5. The van der Waals surface area contributed by atoms with Crippen LogP contribution in [0.2, 0.25) is 5.02 Å². The Labute approximate surface area is 144 Å². The molecule has 0 fully saturated rings. The van der Waals surface area contributed by atoms with E-state index in [2.05, 4.69) is 10.1 Å². The molecule has 0 radical (unpaired) electrons. The number of para-hydroxylation sites is 1. The van der Waals surface area contributed by atoms with Crippen LogP contribution in [-0.2, 0) is 9.53 Å². The number of anilines is 1. The fourth-order valence-corrected chi connectivity index (χ4v) is 2.15. The Bertz CT molecular complexity index is 748. The number of rotatable bonds is 6. The maximum Gasteiger partial charge on any atom is 0.341 e. The van der Waals surface area contributed by atoms with Gasteiger partial charge in [0, 0.05) is 5.02 Å². The topological polar surface area (TPSA) is 73.9 Å². The molecule has 0 aliphatic rings. The zero-order valence-electron chi connectivity index (χ0n) is 13.2. The van der Waals surface area contributed by atoms with Crippen LogP contribution in [0.5, 0.6) is 11.5 Å². The maximum atomic E-state index is 12.1. The predicted octanol–water partition coefficient (Wildman–Crippen LogP) is 3.15. The first-order chi connectivity index (χ1) is 11.5. The molecular weight excluding hydrogens is 334 g/mol. The largest absolute Gasteiger partial charge is 0.495 e. The fourth-order valence-electron chi connectivity index (χ4n) is 1.98. The first kappa shape index (κ1) is 17.6. The number of hydrogen-bond donors (Lipinski definition) is 1. The van der Waals surface area contributed by atoms with E-state index in [0.717, 1.165) is 0 Å². The van der Waals surface area contributed by atoms with Gasteiger partial charge in [0.1, 0.15) is 17.1 Å². The summed E-state index contributed by atoms with van der Waals surface area (Å²) in [6.45, 7) is -0.288. The minimum atomic E-state index is -0.539. The number of carbonyl (C=O) groups is 2.